The lowest BCUT2D eigenvalue weighted by molar-refractivity contribution is -0.337. The molecule has 138 valence electrons. The fraction of sp³-hybridized carbons (Fsp3) is 0.929. The maximum atomic E-state index is 10.5. The van der Waals surface area contributed by atoms with Crippen LogP contribution in [0.1, 0.15) is 13.8 Å². The lowest BCUT2D eigenvalue weighted by Crippen LogP contribution is -2.63. The third-order valence-electron chi connectivity index (χ3n) is 4.54. The average molecular weight is 349 g/mol. The van der Waals surface area contributed by atoms with Gasteiger partial charge < -0.3 is 44.5 Å². The molecule has 0 aromatic heterocycles. The second kappa shape index (κ2) is 6.81. The first kappa shape index (κ1) is 18.0. The number of hydrogen-bond acceptors (Lipinski definition) is 10. The van der Waals surface area contributed by atoms with Crippen LogP contribution in [0.25, 0.3) is 0 Å². The number of rotatable bonds is 3. The Balaban J connectivity index is 1.74. The second-order valence-corrected chi connectivity index (χ2v) is 6.25. The van der Waals surface area contributed by atoms with Crippen LogP contribution in [0.15, 0.2) is 4.99 Å². The van der Waals surface area contributed by atoms with E-state index in [1.54, 1.807) is 6.92 Å². The van der Waals surface area contributed by atoms with E-state index >= 15 is 0 Å². The zero-order chi connectivity index (χ0) is 17.6. The van der Waals surface area contributed by atoms with Crippen LogP contribution in [0.4, 0.5) is 0 Å². The molecule has 0 saturated carbocycles. The molecule has 0 aliphatic carbocycles. The first-order valence-electron chi connectivity index (χ1n) is 7.84. The van der Waals surface area contributed by atoms with Crippen molar-refractivity contribution < 1.29 is 44.5 Å². The third kappa shape index (κ3) is 3.04. The highest BCUT2D eigenvalue weighted by Crippen LogP contribution is 2.32. The van der Waals surface area contributed by atoms with E-state index in [1.807, 2.05) is 0 Å². The minimum Gasteiger partial charge on any atom is -0.450 e. The van der Waals surface area contributed by atoms with Gasteiger partial charge in [0, 0.05) is 6.92 Å². The Morgan fingerprint density at radius 2 is 1.75 bits per heavy atom. The van der Waals surface area contributed by atoms with Crippen LogP contribution in [-0.2, 0) is 18.9 Å². The molecule has 5 N–H and O–H groups in total. The van der Waals surface area contributed by atoms with Crippen LogP contribution in [0.5, 0.6) is 0 Å². The third-order valence-corrected chi connectivity index (χ3v) is 4.54. The van der Waals surface area contributed by atoms with E-state index in [0.717, 1.165) is 0 Å². The zero-order valence-electron chi connectivity index (χ0n) is 13.3. The number of aliphatic imine (C=N–C) groups is 1. The second-order valence-electron chi connectivity index (χ2n) is 6.25. The topological polar surface area (TPSA) is 150 Å². The number of hydrogen-bond donors (Lipinski definition) is 5. The van der Waals surface area contributed by atoms with Gasteiger partial charge in [0.2, 0.25) is 6.29 Å². The summed E-state index contributed by atoms with van der Waals surface area (Å²) in [5, 5.41) is 49.6. The molecule has 0 aromatic carbocycles. The van der Waals surface area contributed by atoms with Crippen molar-refractivity contribution in [1.29, 1.82) is 0 Å². The van der Waals surface area contributed by atoms with Gasteiger partial charge in [0.15, 0.2) is 12.2 Å². The molecular formula is C14H23NO9. The first-order chi connectivity index (χ1) is 11.3. The predicted molar refractivity (Wildman–Crippen MR) is 77.0 cm³/mol. The smallest absolute Gasteiger partial charge is 0.227 e. The zero-order valence-corrected chi connectivity index (χ0v) is 13.3. The average Bonchev–Trinajstić information content (AvgIpc) is 2.93. The SMILES string of the molecule is CC1=NC2[C@@H](O1)OC(CO)[C@@H](O[C@@H]1OC(C)[C@H](O)[C@H](O)C1O)[C@@H]2O. The molecule has 2 saturated heterocycles. The van der Waals surface area contributed by atoms with Gasteiger partial charge in [-0.1, -0.05) is 0 Å². The summed E-state index contributed by atoms with van der Waals surface area (Å²) in [4.78, 5) is 4.13. The molecule has 3 aliphatic rings. The Hall–Kier alpha value is -0.850. The van der Waals surface area contributed by atoms with Crippen LogP contribution in [0.2, 0.25) is 0 Å². The maximum absolute atomic E-state index is 10.5. The van der Waals surface area contributed by atoms with Gasteiger partial charge in [0.25, 0.3) is 0 Å². The Labute approximate surface area is 138 Å². The lowest BCUT2D eigenvalue weighted by Gasteiger charge is -2.44. The summed E-state index contributed by atoms with van der Waals surface area (Å²) in [7, 11) is 0. The quantitative estimate of drug-likeness (QED) is 0.361. The monoisotopic (exact) mass is 349 g/mol. The number of aliphatic hydroxyl groups is 5. The van der Waals surface area contributed by atoms with Crippen LogP contribution in [-0.4, -0.2) is 99.4 Å². The highest BCUT2D eigenvalue weighted by Gasteiger charge is 2.52. The summed E-state index contributed by atoms with van der Waals surface area (Å²) in [6.45, 7) is 2.67. The summed E-state index contributed by atoms with van der Waals surface area (Å²) < 4.78 is 21.8. The Bertz CT molecular complexity index is 489. The molecule has 0 spiro atoms. The fourth-order valence-corrected chi connectivity index (χ4v) is 3.14. The molecule has 10 atom stereocenters. The molecule has 10 nitrogen and oxygen atoms in total. The summed E-state index contributed by atoms with van der Waals surface area (Å²) in [5.41, 5.74) is 0. The lowest BCUT2D eigenvalue weighted by atomic mass is 9.96. The minimum atomic E-state index is -1.52. The number of nitrogens with zero attached hydrogens (tertiary/aromatic N) is 1. The number of ether oxygens (including phenoxy) is 4. The summed E-state index contributed by atoms with van der Waals surface area (Å²) in [6, 6.07) is -0.730. The normalized spacial score (nSPS) is 51.7. The fourth-order valence-electron chi connectivity index (χ4n) is 3.14. The molecule has 3 aliphatic heterocycles. The molecule has 24 heavy (non-hydrogen) atoms. The van der Waals surface area contributed by atoms with Crippen molar-refractivity contribution in [2.75, 3.05) is 6.61 Å². The molecule has 3 heterocycles. The Morgan fingerprint density at radius 1 is 1.04 bits per heavy atom. The minimum absolute atomic E-state index is 0.350. The maximum Gasteiger partial charge on any atom is 0.227 e. The van der Waals surface area contributed by atoms with E-state index in [4.69, 9.17) is 18.9 Å². The van der Waals surface area contributed by atoms with E-state index in [9.17, 15) is 25.5 Å². The molecular weight excluding hydrogens is 326 g/mol. The van der Waals surface area contributed by atoms with Crippen LogP contribution in [0, 0.1) is 0 Å². The van der Waals surface area contributed by atoms with Crippen molar-refractivity contribution in [3.05, 3.63) is 0 Å². The summed E-state index contributed by atoms with van der Waals surface area (Å²) in [5.74, 6) is 0.350. The van der Waals surface area contributed by atoms with Crippen molar-refractivity contribution in [3.8, 4) is 0 Å². The Kier molecular flexibility index (Phi) is 5.09. The summed E-state index contributed by atoms with van der Waals surface area (Å²) >= 11 is 0. The largest absolute Gasteiger partial charge is 0.450 e. The van der Waals surface area contributed by atoms with Crippen molar-refractivity contribution >= 4 is 5.90 Å². The first-order valence-corrected chi connectivity index (χ1v) is 7.84. The standard InChI is InChI=1S/C14H23NO9/c1-4-8(17)10(19)11(20)14(21-4)24-12-6(3-16)23-13-7(9(12)18)15-5(2)22-13/h4,6-14,16-20H,3H2,1-2H3/t4?,6?,7?,8-,9+,10-,11?,12+,13-,14-/m0/s1. The molecule has 4 unspecified atom stereocenters. The van der Waals surface area contributed by atoms with Gasteiger partial charge in [-0.15, -0.1) is 0 Å². The van der Waals surface area contributed by atoms with Gasteiger partial charge >= 0.3 is 0 Å². The van der Waals surface area contributed by atoms with E-state index in [0.29, 0.717) is 5.90 Å². The molecule has 10 heteroatoms. The van der Waals surface area contributed by atoms with E-state index in [2.05, 4.69) is 4.99 Å². The van der Waals surface area contributed by atoms with Gasteiger partial charge in [-0.2, -0.15) is 0 Å². The number of fused-ring (bicyclic) bond motifs is 1. The molecule has 3 rings (SSSR count). The van der Waals surface area contributed by atoms with Crippen LogP contribution < -0.4 is 0 Å². The van der Waals surface area contributed by atoms with Gasteiger partial charge in [0.05, 0.1) is 12.7 Å². The van der Waals surface area contributed by atoms with Gasteiger partial charge in [-0.3, -0.25) is 0 Å². The van der Waals surface area contributed by atoms with E-state index in [1.165, 1.54) is 6.92 Å². The number of aliphatic hydroxyl groups excluding tert-OH is 5. The predicted octanol–water partition coefficient (Wildman–Crippen LogP) is -2.91. The van der Waals surface area contributed by atoms with Crippen molar-refractivity contribution in [1.82, 2.24) is 0 Å². The van der Waals surface area contributed by atoms with Crippen molar-refractivity contribution in [3.63, 3.8) is 0 Å². The van der Waals surface area contributed by atoms with Crippen LogP contribution in [0.3, 0.4) is 0 Å². The van der Waals surface area contributed by atoms with E-state index in [-0.39, 0.29) is 0 Å². The molecule has 0 bridgehead atoms. The molecule has 2 fully saturated rings. The molecule has 0 aromatic rings. The van der Waals surface area contributed by atoms with Crippen molar-refractivity contribution in [2.45, 2.75) is 75.2 Å². The molecule has 0 amide bonds. The highest BCUT2D eigenvalue weighted by atomic mass is 16.7. The summed E-state index contributed by atoms with van der Waals surface area (Å²) in [6.07, 6.45) is -10.3. The van der Waals surface area contributed by atoms with Gasteiger partial charge in [-0.05, 0) is 6.92 Å². The highest BCUT2D eigenvalue weighted by molar-refractivity contribution is 5.75. The van der Waals surface area contributed by atoms with Gasteiger partial charge in [-0.25, -0.2) is 4.99 Å². The Morgan fingerprint density at radius 3 is 2.42 bits per heavy atom. The van der Waals surface area contributed by atoms with Crippen molar-refractivity contribution in [2.24, 2.45) is 4.99 Å². The molecule has 0 radical (unpaired) electrons. The van der Waals surface area contributed by atoms with E-state index < -0.39 is 68.0 Å². The van der Waals surface area contributed by atoms with Gasteiger partial charge in [0.1, 0.15) is 42.7 Å². The van der Waals surface area contributed by atoms with Crippen LogP contribution >= 0.6 is 0 Å².